The van der Waals surface area contributed by atoms with Gasteiger partial charge in [-0.15, -0.1) is 0 Å². The molecule has 1 rings (SSSR count). The lowest BCUT2D eigenvalue weighted by Crippen LogP contribution is -2.19. The fourth-order valence-corrected chi connectivity index (χ4v) is 2.54. The topological polar surface area (TPSA) is 43.8 Å². The number of nitrogens with zero attached hydrogens (tertiary/aromatic N) is 2. The van der Waals surface area contributed by atoms with Crippen LogP contribution in [0.15, 0.2) is 0 Å². The van der Waals surface area contributed by atoms with Crippen LogP contribution in [-0.2, 0) is 18.4 Å². The van der Waals surface area contributed by atoms with Crippen molar-refractivity contribution < 1.29 is 0 Å². The molecule has 1 aromatic heterocycles. The maximum atomic E-state index is 6.26. The minimum atomic E-state index is 0.0566. The molecule has 0 aliphatic rings. The average Bonchev–Trinajstić information content (AvgIpc) is 2.58. The van der Waals surface area contributed by atoms with Crippen molar-refractivity contribution in [2.24, 2.45) is 0 Å². The minimum Gasteiger partial charge on any atom is -0.384 e. The van der Waals surface area contributed by atoms with Crippen LogP contribution in [0, 0.1) is 0 Å². The Morgan fingerprint density at radius 3 is 2.50 bits per heavy atom. The number of thioether (sulfide) groups is 1. The van der Waals surface area contributed by atoms with E-state index in [1.807, 2.05) is 11.8 Å². The van der Waals surface area contributed by atoms with Crippen LogP contribution in [0.3, 0.4) is 0 Å². The molecule has 0 fully saturated rings. The number of hydrogen-bond acceptors (Lipinski definition) is 3. The number of aromatic nitrogens is 2. The number of aryl methyl sites for hydroxylation is 1. The number of imidazole rings is 1. The van der Waals surface area contributed by atoms with Crippen LogP contribution >= 0.6 is 11.8 Å². The van der Waals surface area contributed by atoms with E-state index in [0.717, 1.165) is 43.1 Å². The third kappa shape index (κ3) is 3.67. The largest absolute Gasteiger partial charge is 0.384 e. The van der Waals surface area contributed by atoms with Gasteiger partial charge in [0.25, 0.3) is 0 Å². The molecule has 0 unspecified atom stereocenters. The van der Waals surface area contributed by atoms with E-state index >= 15 is 0 Å². The molecular formula is C14H27N3S. The Kier molecular flexibility index (Phi) is 5.57. The molecule has 0 spiro atoms. The summed E-state index contributed by atoms with van der Waals surface area (Å²) in [4.78, 5) is 4.80. The zero-order chi connectivity index (χ0) is 13.8. The predicted octanol–water partition coefficient (Wildman–Crippen LogP) is 3.47. The highest BCUT2D eigenvalue weighted by Crippen LogP contribution is 2.27. The van der Waals surface area contributed by atoms with Crippen molar-refractivity contribution in [3.8, 4) is 0 Å². The van der Waals surface area contributed by atoms with Gasteiger partial charge in [-0.3, -0.25) is 0 Å². The van der Waals surface area contributed by atoms with Gasteiger partial charge >= 0.3 is 0 Å². The maximum Gasteiger partial charge on any atom is 0.126 e. The first-order valence-electron chi connectivity index (χ1n) is 6.76. The van der Waals surface area contributed by atoms with Crippen molar-refractivity contribution in [3.63, 3.8) is 0 Å². The molecule has 0 saturated carbocycles. The minimum absolute atomic E-state index is 0.0566. The first-order valence-corrected chi connectivity index (χ1v) is 8.15. The quantitative estimate of drug-likeness (QED) is 0.804. The summed E-state index contributed by atoms with van der Waals surface area (Å²) in [6.45, 7) is 9.75. The van der Waals surface area contributed by atoms with E-state index in [1.54, 1.807) is 0 Å². The van der Waals surface area contributed by atoms with Gasteiger partial charge in [-0.05, 0) is 31.3 Å². The van der Waals surface area contributed by atoms with Crippen molar-refractivity contribution in [1.82, 2.24) is 9.55 Å². The van der Waals surface area contributed by atoms with Crippen molar-refractivity contribution in [3.05, 3.63) is 11.5 Å². The van der Waals surface area contributed by atoms with Gasteiger partial charge in [-0.25, -0.2) is 4.98 Å². The summed E-state index contributed by atoms with van der Waals surface area (Å²) in [5, 5.41) is 0. The fraction of sp³-hybridized carbons (Fsp3) is 0.786. The molecule has 1 aromatic rings. The van der Waals surface area contributed by atoms with Crippen LogP contribution in [0.1, 0.15) is 52.1 Å². The van der Waals surface area contributed by atoms with Crippen LogP contribution < -0.4 is 5.73 Å². The lowest BCUT2D eigenvalue weighted by molar-refractivity contribution is 0.497. The monoisotopic (exact) mass is 269 g/mol. The van der Waals surface area contributed by atoms with Gasteiger partial charge in [-0.2, -0.15) is 11.8 Å². The van der Waals surface area contributed by atoms with Crippen molar-refractivity contribution in [2.45, 2.75) is 58.9 Å². The molecular weight excluding hydrogens is 242 g/mol. The average molecular weight is 269 g/mol. The molecule has 0 aliphatic carbocycles. The Labute approximate surface area is 116 Å². The number of anilines is 1. The molecule has 0 amide bonds. The Morgan fingerprint density at radius 2 is 2.00 bits per heavy atom. The third-order valence-corrected chi connectivity index (χ3v) is 3.66. The Hall–Kier alpha value is -0.640. The zero-order valence-electron chi connectivity index (χ0n) is 12.4. The smallest absolute Gasteiger partial charge is 0.126 e. The normalized spacial score (nSPS) is 12.1. The van der Waals surface area contributed by atoms with Gasteiger partial charge in [0.15, 0.2) is 0 Å². The summed E-state index contributed by atoms with van der Waals surface area (Å²) in [5.74, 6) is 3.18. The highest BCUT2D eigenvalue weighted by atomic mass is 32.2. The molecule has 1 heterocycles. The molecule has 0 radical (unpaired) electrons. The van der Waals surface area contributed by atoms with E-state index in [9.17, 15) is 0 Å². The Morgan fingerprint density at radius 1 is 1.33 bits per heavy atom. The molecule has 0 aromatic carbocycles. The van der Waals surface area contributed by atoms with Crippen LogP contribution in [-0.4, -0.2) is 21.6 Å². The van der Waals surface area contributed by atoms with Gasteiger partial charge in [0.05, 0.1) is 5.69 Å². The van der Waals surface area contributed by atoms with E-state index < -0.39 is 0 Å². The molecule has 0 atom stereocenters. The second-order valence-corrected chi connectivity index (χ2v) is 6.75. The van der Waals surface area contributed by atoms with Crippen LogP contribution in [0.4, 0.5) is 5.82 Å². The van der Waals surface area contributed by atoms with Gasteiger partial charge < -0.3 is 10.3 Å². The van der Waals surface area contributed by atoms with E-state index in [0.29, 0.717) is 0 Å². The molecule has 3 nitrogen and oxygen atoms in total. The lowest BCUT2D eigenvalue weighted by Gasteiger charge is -2.19. The highest BCUT2D eigenvalue weighted by molar-refractivity contribution is 7.98. The maximum absolute atomic E-state index is 6.26. The van der Waals surface area contributed by atoms with Gasteiger partial charge in [-0.1, -0.05) is 27.7 Å². The summed E-state index contributed by atoms with van der Waals surface area (Å²) in [7, 11) is 0. The Bertz CT molecular complexity index is 377. The Balaban J connectivity index is 2.99. The van der Waals surface area contributed by atoms with Crippen LogP contribution in [0.5, 0.6) is 0 Å². The van der Waals surface area contributed by atoms with Crippen molar-refractivity contribution >= 4 is 17.6 Å². The molecule has 0 aliphatic heterocycles. The summed E-state index contributed by atoms with van der Waals surface area (Å²) in [6, 6.07) is 0. The second-order valence-electron chi connectivity index (χ2n) is 5.77. The SMILES string of the molecule is CCCn1c(C(C)(C)C)nc(CCCSC)c1N. The van der Waals surface area contributed by atoms with E-state index in [4.69, 9.17) is 10.7 Å². The second kappa shape index (κ2) is 6.50. The van der Waals surface area contributed by atoms with Gasteiger partial charge in [0.1, 0.15) is 11.6 Å². The van der Waals surface area contributed by atoms with Crippen LogP contribution in [0.2, 0.25) is 0 Å². The molecule has 2 N–H and O–H groups in total. The molecule has 0 saturated heterocycles. The van der Waals surface area contributed by atoms with Crippen LogP contribution in [0.25, 0.3) is 0 Å². The molecule has 4 heteroatoms. The first-order chi connectivity index (χ1) is 8.41. The number of nitrogens with two attached hydrogens (primary N) is 1. The third-order valence-electron chi connectivity index (χ3n) is 2.96. The predicted molar refractivity (Wildman–Crippen MR) is 82.3 cm³/mol. The summed E-state index contributed by atoms with van der Waals surface area (Å²) < 4.78 is 2.20. The molecule has 0 bridgehead atoms. The summed E-state index contributed by atoms with van der Waals surface area (Å²) in [5.41, 5.74) is 7.40. The molecule has 104 valence electrons. The number of hydrogen-bond donors (Lipinski definition) is 1. The standard InChI is InChI=1S/C14H27N3S/c1-6-9-17-12(15)11(8-7-10-18-5)16-13(17)14(2,3)4/h6-10,15H2,1-5H3. The van der Waals surface area contributed by atoms with E-state index in [2.05, 4.69) is 38.5 Å². The highest BCUT2D eigenvalue weighted by Gasteiger charge is 2.24. The lowest BCUT2D eigenvalue weighted by atomic mass is 9.95. The van der Waals surface area contributed by atoms with Gasteiger partial charge in [0, 0.05) is 12.0 Å². The fourth-order valence-electron chi connectivity index (χ4n) is 2.11. The zero-order valence-corrected chi connectivity index (χ0v) is 13.2. The van der Waals surface area contributed by atoms with Crippen molar-refractivity contribution in [2.75, 3.05) is 17.7 Å². The van der Waals surface area contributed by atoms with Crippen molar-refractivity contribution in [1.29, 1.82) is 0 Å². The van der Waals surface area contributed by atoms with Gasteiger partial charge in [0.2, 0.25) is 0 Å². The number of rotatable bonds is 6. The summed E-state index contributed by atoms with van der Waals surface area (Å²) in [6.07, 6.45) is 5.37. The number of nitrogen functional groups attached to an aromatic ring is 1. The summed E-state index contributed by atoms with van der Waals surface area (Å²) >= 11 is 1.88. The van der Waals surface area contributed by atoms with E-state index in [1.165, 1.54) is 5.75 Å². The first kappa shape index (κ1) is 15.4. The molecule has 18 heavy (non-hydrogen) atoms. The van der Waals surface area contributed by atoms with E-state index in [-0.39, 0.29) is 5.41 Å².